The van der Waals surface area contributed by atoms with Crippen molar-refractivity contribution in [1.29, 1.82) is 0 Å². The second kappa shape index (κ2) is 5.46. The van der Waals surface area contributed by atoms with Crippen LogP contribution in [0, 0.1) is 5.92 Å². The number of rotatable bonds is 4. The molecule has 2 atom stereocenters. The van der Waals surface area contributed by atoms with Gasteiger partial charge in [0.2, 0.25) is 0 Å². The lowest BCUT2D eigenvalue weighted by Crippen LogP contribution is -2.19. The van der Waals surface area contributed by atoms with Gasteiger partial charge < -0.3 is 14.9 Å². The molecule has 0 aromatic carbocycles. The highest BCUT2D eigenvalue weighted by Gasteiger charge is 2.18. The molecule has 90 valence electrons. The molecule has 1 aromatic heterocycles. The van der Waals surface area contributed by atoms with E-state index < -0.39 is 0 Å². The maximum Gasteiger partial charge on any atom is 0.194 e. The van der Waals surface area contributed by atoms with Gasteiger partial charge in [-0.15, -0.1) is 0 Å². The van der Waals surface area contributed by atoms with Gasteiger partial charge in [-0.25, -0.2) is 4.98 Å². The molecule has 1 aliphatic rings. The van der Waals surface area contributed by atoms with Crippen LogP contribution in [0.15, 0.2) is 10.6 Å². The zero-order valence-electron chi connectivity index (χ0n) is 9.82. The summed E-state index contributed by atoms with van der Waals surface area (Å²) in [7, 11) is 0. The van der Waals surface area contributed by atoms with Crippen LogP contribution in [0.5, 0.6) is 0 Å². The number of oxazole rings is 1. The average Bonchev–Trinajstić information content (AvgIpc) is 2.78. The summed E-state index contributed by atoms with van der Waals surface area (Å²) in [6.07, 6.45) is 5.05. The maximum absolute atomic E-state index is 5.69. The number of hydrogen-bond acceptors (Lipinski definition) is 4. The van der Waals surface area contributed by atoms with Crippen molar-refractivity contribution in [3.63, 3.8) is 0 Å². The molecular formula is C12H20N2O2. The summed E-state index contributed by atoms with van der Waals surface area (Å²) < 4.78 is 11.1. The Labute approximate surface area is 96.2 Å². The van der Waals surface area contributed by atoms with E-state index in [-0.39, 0.29) is 5.92 Å². The Balaban J connectivity index is 1.91. The molecule has 1 fully saturated rings. The molecule has 0 bridgehead atoms. The summed E-state index contributed by atoms with van der Waals surface area (Å²) in [5, 5.41) is 0. The molecule has 2 unspecified atom stereocenters. The Bertz CT molecular complexity index is 319. The lowest BCUT2D eigenvalue weighted by molar-refractivity contribution is 0.0525. The minimum absolute atomic E-state index is 0.254. The van der Waals surface area contributed by atoms with Gasteiger partial charge in [-0.1, -0.05) is 6.92 Å². The third-order valence-corrected chi connectivity index (χ3v) is 3.13. The van der Waals surface area contributed by atoms with Crippen molar-refractivity contribution in [2.24, 2.45) is 11.7 Å². The normalized spacial score (nSPS) is 23.2. The lowest BCUT2D eigenvalue weighted by atomic mass is 9.99. The second-order valence-corrected chi connectivity index (χ2v) is 4.58. The Morgan fingerprint density at radius 1 is 1.62 bits per heavy atom. The molecule has 2 N–H and O–H groups in total. The summed E-state index contributed by atoms with van der Waals surface area (Å²) in [6, 6.07) is 0. The largest absolute Gasteiger partial charge is 0.445 e. The second-order valence-electron chi connectivity index (χ2n) is 4.58. The summed E-state index contributed by atoms with van der Waals surface area (Å²) in [4.78, 5) is 4.30. The van der Waals surface area contributed by atoms with E-state index in [1.165, 1.54) is 6.42 Å². The smallest absolute Gasteiger partial charge is 0.194 e. The van der Waals surface area contributed by atoms with Crippen LogP contribution >= 0.6 is 0 Å². The van der Waals surface area contributed by atoms with Gasteiger partial charge in [0.05, 0.1) is 6.20 Å². The quantitative estimate of drug-likeness (QED) is 0.845. The molecule has 16 heavy (non-hydrogen) atoms. The molecule has 4 nitrogen and oxygen atoms in total. The van der Waals surface area contributed by atoms with Crippen LogP contribution in [0.4, 0.5) is 0 Å². The van der Waals surface area contributed by atoms with Crippen LogP contribution in [-0.2, 0) is 11.2 Å². The molecule has 0 radical (unpaired) electrons. The van der Waals surface area contributed by atoms with Crippen LogP contribution in [-0.4, -0.2) is 24.7 Å². The highest BCUT2D eigenvalue weighted by molar-refractivity contribution is 5.01. The lowest BCUT2D eigenvalue weighted by Gasteiger charge is -2.20. The molecule has 0 saturated carbocycles. The average molecular weight is 224 g/mol. The van der Waals surface area contributed by atoms with Crippen LogP contribution in [0.3, 0.4) is 0 Å². The van der Waals surface area contributed by atoms with Crippen molar-refractivity contribution in [3.05, 3.63) is 17.8 Å². The summed E-state index contributed by atoms with van der Waals surface area (Å²) in [5.74, 6) is 2.54. The number of ether oxygens (including phenoxy) is 1. The number of nitrogens with two attached hydrogens (primary N) is 1. The first-order valence-corrected chi connectivity index (χ1v) is 6.02. The summed E-state index contributed by atoms with van der Waals surface area (Å²) >= 11 is 0. The number of hydrogen-bond donors (Lipinski definition) is 1. The highest BCUT2D eigenvalue weighted by Crippen LogP contribution is 2.21. The van der Waals surface area contributed by atoms with Crippen molar-refractivity contribution >= 4 is 0 Å². The highest BCUT2D eigenvalue weighted by atomic mass is 16.5. The first-order valence-electron chi connectivity index (χ1n) is 6.02. The third-order valence-electron chi connectivity index (χ3n) is 3.13. The van der Waals surface area contributed by atoms with Crippen LogP contribution in [0.1, 0.15) is 37.3 Å². The van der Waals surface area contributed by atoms with E-state index in [1.807, 2.05) is 6.92 Å². The van der Waals surface area contributed by atoms with E-state index >= 15 is 0 Å². The summed E-state index contributed by atoms with van der Waals surface area (Å²) in [6.45, 7) is 4.39. The monoisotopic (exact) mass is 224 g/mol. The molecule has 2 heterocycles. The number of aromatic nitrogens is 1. The van der Waals surface area contributed by atoms with E-state index in [4.69, 9.17) is 14.9 Å². The van der Waals surface area contributed by atoms with Gasteiger partial charge in [0.1, 0.15) is 5.76 Å². The van der Waals surface area contributed by atoms with Gasteiger partial charge in [0.15, 0.2) is 5.89 Å². The van der Waals surface area contributed by atoms with E-state index in [0.29, 0.717) is 12.5 Å². The standard InChI is InChI=1S/C12H20N2O2/c1-9(6-13)11-7-14-12(16-11)5-10-3-2-4-15-8-10/h7,9-10H,2-6,8,13H2,1H3. The molecular weight excluding hydrogens is 204 g/mol. The van der Waals surface area contributed by atoms with E-state index in [0.717, 1.165) is 37.7 Å². The topological polar surface area (TPSA) is 61.3 Å². The van der Waals surface area contributed by atoms with Crippen LogP contribution < -0.4 is 5.73 Å². The fourth-order valence-electron chi connectivity index (χ4n) is 1.98. The van der Waals surface area contributed by atoms with E-state index in [1.54, 1.807) is 6.20 Å². The van der Waals surface area contributed by atoms with Crippen LogP contribution in [0.25, 0.3) is 0 Å². The zero-order chi connectivity index (χ0) is 11.4. The van der Waals surface area contributed by atoms with Gasteiger partial charge in [-0.2, -0.15) is 0 Å². The van der Waals surface area contributed by atoms with Gasteiger partial charge in [0.25, 0.3) is 0 Å². The van der Waals surface area contributed by atoms with E-state index in [9.17, 15) is 0 Å². The van der Waals surface area contributed by atoms with Gasteiger partial charge in [-0.3, -0.25) is 0 Å². The van der Waals surface area contributed by atoms with Crippen molar-refractivity contribution in [3.8, 4) is 0 Å². The SMILES string of the molecule is CC(CN)c1cnc(CC2CCCOC2)o1. The molecule has 0 aliphatic carbocycles. The fourth-order valence-corrected chi connectivity index (χ4v) is 1.98. The summed E-state index contributed by atoms with van der Waals surface area (Å²) in [5.41, 5.74) is 5.59. The van der Waals surface area contributed by atoms with Gasteiger partial charge in [-0.05, 0) is 18.8 Å². The molecule has 4 heteroatoms. The minimum Gasteiger partial charge on any atom is -0.445 e. The van der Waals surface area contributed by atoms with Crippen LogP contribution in [0.2, 0.25) is 0 Å². The van der Waals surface area contributed by atoms with Crippen molar-refractivity contribution < 1.29 is 9.15 Å². The minimum atomic E-state index is 0.254. The van der Waals surface area contributed by atoms with Gasteiger partial charge >= 0.3 is 0 Å². The van der Waals surface area contributed by atoms with Crippen molar-refractivity contribution in [2.75, 3.05) is 19.8 Å². The third kappa shape index (κ3) is 2.83. The molecule has 1 aliphatic heterocycles. The first kappa shape index (κ1) is 11.6. The molecule has 2 rings (SSSR count). The van der Waals surface area contributed by atoms with Crippen molar-refractivity contribution in [2.45, 2.75) is 32.1 Å². The Morgan fingerprint density at radius 2 is 2.50 bits per heavy atom. The molecule has 0 spiro atoms. The predicted octanol–water partition coefficient (Wildman–Crippen LogP) is 1.71. The Hall–Kier alpha value is -0.870. The zero-order valence-corrected chi connectivity index (χ0v) is 9.82. The van der Waals surface area contributed by atoms with Crippen molar-refractivity contribution in [1.82, 2.24) is 4.98 Å². The maximum atomic E-state index is 5.69. The van der Waals surface area contributed by atoms with Gasteiger partial charge in [0, 0.05) is 32.1 Å². The van der Waals surface area contributed by atoms with E-state index in [2.05, 4.69) is 4.98 Å². The Kier molecular flexibility index (Phi) is 3.96. The fraction of sp³-hybridized carbons (Fsp3) is 0.750. The number of nitrogens with zero attached hydrogens (tertiary/aromatic N) is 1. The molecule has 1 saturated heterocycles. The molecule has 0 amide bonds. The predicted molar refractivity (Wildman–Crippen MR) is 61.2 cm³/mol. The Morgan fingerprint density at radius 3 is 3.19 bits per heavy atom. The first-order chi connectivity index (χ1) is 7.79. The molecule has 1 aromatic rings.